The van der Waals surface area contributed by atoms with Crippen LogP contribution in [0, 0.1) is 11.8 Å². The molecule has 13 nitrogen and oxygen atoms in total. The zero-order chi connectivity index (χ0) is 40.8. The van der Waals surface area contributed by atoms with E-state index in [0.29, 0.717) is 25.0 Å². The smallest absolute Gasteiger partial charge is 0.347 e. The summed E-state index contributed by atoms with van der Waals surface area (Å²) in [4.78, 5) is 38.6. The second-order valence-electron chi connectivity index (χ2n) is 14.7. The summed E-state index contributed by atoms with van der Waals surface area (Å²) < 4.78 is 22.3. The summed E-state index contributed by atoms with van der Waals surface area (Å²) >= 11 is 0. The van der Waals surface area contributed by atoms with Crippen LogP contribution in [0.1, 0.15) is 92.9 Å². The first kappa shape index (κ1) is 43.1. The second kappa shape index (κ2) is 20.9. The fourth-order valence-corrected chi connectivity index (χ4v) is 5.74. The number of rotatable bonds is 21. The van der Waals surface area contributed by atoms with E-state index in [-0.39, 0.29) is 68.7 Å². The molecule has 302 valence electrons. The first-order valence-electron chi connectivity index (χ1n) is 19.3. The van der Waals surface area contributed by atoms with E-state index in [1.165, 1.54) is 48.5 Å². The van der Waals surface area contributed by atoms with Crippen molar-refractivity contribution in [3.8, 4) is 68.7 Å². The van der Waals surface area contributed by atoms with Crippen LogP contribution in [-0.4, -0.2) is 72.7 Å². The molecule has 4 aromatic rings. The second-order valence-corrected chi connectivity index (χ2v) is 14.7. The maximum Gasteiger partial charge on any atom is 0.347 e. The minimum absolute atomic E-state index is 0.0215. The monoisotopic (exact) mass is 773 g/mol. The van der Waals surface area contributed by atoms with Crippen molar-refractivity contribution in [3.05, 3.63) is 54.6 Å². The molecular weight excluding hydrogens is 718 g/mol. The number of ether oxygens (including phenoxy) is 4. The highest BCUT2D eigenvalue weighted by Gasteiger charge is 2.22. The van der Waals surface area contributed by atoms with Gasteiger partial charge in [-0.1, -0.05) is 66.2 Å². The molecule has 0 bridgehead atoms. The van der Waals surface area contributed by atoms with E-state index in [1.54, 1.807) is 13.8 Å². The largest absolute Gasteiger partial charge is 0.508 e. The van der Waals surface area contributed by atoms with Crippen LogP contribution in [0.25, 0.3) is 34.2 Å². The van der Waals surface area contributed by atoms with Gasteiger partial charge in [0.05, 0.1) is 29.9 Å². The number of benzene rings is 3. The maximum absolute atomic E-state index is 12.5. The lowest BCUT2D eigenvalue weighted by atomic mass is 10.1. The number of esters is 2. The minimum atomic E-state index is -0.934. The molecule has 13 heteroatoms. The Kier molecular flexibility index (Phi) is 16.1. The van der Waals surface area contributed by atoms with Gasteiger partial charge in [-0.15, -0.1) is 0 Å². The van der Waals surface area contributed by atoms with Gasteiger partial charge in [0, 0.05) is 18.2 Å². The number of carbonyl (C=O) groups is 2. The predicted octanol–water partition coefficient (Wildman–Crippen LogP) is 8.75. The molecule has 0 aliphatic heterocycles. The molecule has 3 aromatic carbocycles. The van der Waals surface area contributed by atoms with Crippen molar-refractivity contribution in [3.63, 3.8) is 0 Å². The summed E-state index contributed by atoms with van der Waals surface area (Å²) in [5.41, 5.74) is 0.457. The Hall–Kier alpha value is -5.59. The van der Waals surface area contributed by atoms with Crippen molar-refractivity contribution in [2.75, 3.05) is 13.2 Å². The fourth-order valence-electron chi connectivity index (χ4n) is 5.74. The maximum atomic E-state index is 12.5. The Morgan fingerprint density at radius 3 is 1.25 bits per heavy atom. The van der Waals surface area contributed by atoms with Crippen LogP contribution in [0.3, 0.4) is 0 Å². The van der Waals surface area contributed by atoms with Gasteiger partial charge in [0.1, 0.15) is 34.5 Å². The van der Waals surface area contributed by atoms with Crippen LogP contribution in [0.5, 0.6) is 34.5 Å². The average molecular weight is 774 g/mol. The summed E-state index contributed by atoms with van der Waals surface area (Å²) in [5, 5.41) is 42.8. The summed E-state index contributed by atoms with van der Waals surface area (Å²) in [6, 6.07) is 12.6. The van der Waals surface area contributed by atoms with Crippen molar-refractivity contribution in [1.82, 2.24) is 15.0 Å². The third kappa shape index (κ3) is 13.0. The van der Waals surface area contributed by atoms with Crippen molar-refractivity contribution in [2.24, 2.45) is 11.8 Å². The third-order valence-electron chi connectivity index (χ3n) is 8.91. The SMILES string of the molecule is CC(C)CCCCCOC(=O)C(C)Oc1ccc(-c2nc(-c3ccc(O)cc3O)nc(-c3ccc(OC(C)C(=O)OCCCCCC(C)C)cc3O)n2)c(O)c1. The van der Waals surface area contributed by atoms with E-state index in [2.05, 4.69) is 42.6 Å². The summed E-state index contributed by atoms with van der Waals surface area (Å²) in [6.45, 7) is 12.4. The molecule has 0 saturated carbocycles. The third-order valence-corrected chi connectivity index (χ3v) is 8.91. The number of aromatic nitrogens is 3. The number of phenols is 4. The predicted molar refractivity (Wildman–Crippen MR) is 212 cm³/mol. The van der Waals surface area contributed by atoms with Crippen molar-refractivity contribution >= 4 is 11.9 Å². The Morgan fingerprint density at radius 1 is 0.518 bits per heavy atom. The molecule has 2 unspecified atom stereocenters. The number of aromatic hydroxyl groups is 4. The number of nitrogens with zero attached hydrogens (tertiary/aromatic N) is 3. The number of hydrogen-bond acceptors (Lipinski definition) is 13. The molecular formula is C43H55N3O10. The fraction of sp³-hybridized carbons (Fsp3) is 0.465. The van der Waals surface area contributed by atoms with Crippen LogP contribution < -0.4 is 9.47 Å². The molecule has 0 amide bonds. The summed E-state index contributed by atoms with van der Waals surface area (Å²) in [5.74, 6) is -0.501. The van der Waals surface area contributed by atoms with E-state index in [1.807, 2.05) is 0 Å². The quantitative estimate of drug-likeness (QED) is 0.0465. The molecule has 4 N–H and O–H groups in total. The Labute approximate surface area is 328 Å². The first-order chi connectivity index (χ1) is 26.7. The van der Waals surface area contributed by atoms with E-state index in [9.17, 15) is 30.0 Å². The lowest BCUT2D eigenvalue weighted by Gasteiger charge is -2.16. The zero-order valence-electron chi connectivity index (χ0n) is 33.2. The number of phenolic OH excluding ortho intramolecular Hbond substituents is 4. The molecule has 0 aliphatic carbocycles. The van der Waals surface area contributed by atoms with Gasteiger partial charge in [-0.3, -0.25) is 0 Å². The highest BCUT2D eigenvalue weighted by Crippen LogP contribution is 2.38. The van der Waals surface area contributed by atoms with Gasteiger partial charge in [0.2, 0.25) is 0 Å². The van der Waals surface area contributed by atoms with Crippen molar-refractivity contribution < 1.29 is 49.0 Å². The molecule has 0 saturated heterocycles. The highest BCUT2D eigenvalue weighted by atomic mass is 16.6. The van der Waals surface area contributed by atoms with Crippen LogP contribution in [0.4, 0.5) is 0 Å². The molecule has 0 aliphatic rings. The van der Waals surface area contributed by atoms with E-state index in [0.717, 1.165) is 57.4 Å². The lowest BCUT2D eigenvalue weighted by Crippen LogP contribution is -2.26. The van der Waals surface area contributed by atoms with E-state index in [4.69, 9.17) is 18.9 Å². The van der Waals surface area contributed by atoms with Gasteiger partial charge in [-0.05, 0) is 74.9 Å². The molecule has 0 fully saturated rings. The average Bonchev–Trinajstić information content (AvgIpc) is 3.13. The molecule has 0 radical (unpaired) electrons. The number of carbonyl (C=O) groups excluding carboxylic acids is 2. The molecule has 1 heterocycles. The normalized spacial score (nSPS) is 12.4. The molecule has 4 rings (SSSR count). The van der Waals surface area contributed by atoms with Gasteiger partial charge in [0.25, 0.3) is 0 Å². The Balaban J connectivity index is 1.51. The van der Waals surface area contributed by atoms with Gasteiger partial charge in [-0.25, -0.2) is 24.5 Å². The van der Waals surface area contributed by atoms with Crippen molar-refractivity contribution in [2.45, 2.75) is 105 Å². The van der Waals surface area contributed by atoms with Gasteiger partial charge < -0.3 is 39.4 Å². The summed E-state index contributed by atoms with van der Waals surface area (Å²) in [7, 11) is 0. The van der Waals surface area contributed by atoms with E-state index >= 15 is 0 Å². The van der Waals surface area contributed by atoms with E-state index < -0.39 is 24.1 Å². The summed E-state index contributed by atoms with van der Waals surface area (Å²) in [6.07, 6.45) is 6.02. The topological polar surface area (TPSA) is 191 Å². The number of hydrogen-bond donors (Lipinski definition) is 4. The standard InChI is InChI=1S/C43H55N3O10/c1-26(2)13-9-7-11-21-53-42(51)28(5)55-31-16-19-34(37(49)24-31)40-44-39(33-18-15-30(47)23-36(33)48)45-41(46-40)35-20-17-32(25-38(35)50)56-29(6)43(52)54-22-12-8-10-14-27(3)4/h15-20,23-29,47-50H,7-14,21-22H2,1-6H3. The molecule has 0 spiro atoms. The van der Waals surface area contributed by atoms with Gasteiger partial charge >= 0.3 is 11.9 Å². The van der Waals surface area contributed by atoms with Gasteiger partial charge in [0.15, 0.2) is 29.7 Å². The zero-order valence-corrected chi connectivity index (χ0v) is 33.2. The first-order valence-corrected chi connectivity index (χ1v) is 19.3. The minimum Gasteiger partial charge on any atom is -0.508 e. The lowest BCUT2D eigenvalue weighted by molar-refractivity contribution is -0.152. The van der Waals surface area contributed by atoms with Crippen LogP contribution >= 0.6 is 0 Å². The van der Waals surface area contributed by atoms with Crippen LogP contribution in [-0.2, 0) is 19.1 Å². The molecule has 1 aromatic heterocycles. The molecule has 2 atom stereocenters. The Morgan fingerprint density at radius 2 is 0.893 bits per heavy atom. The molecule has 56 heavy (non-hydrogen) atoms. The number of unbranched alkanes of at least 4 members (excludes halogenated alkanes) is 4. The van der Waals surface area contributed by atoms with Crippen LogP contribution in [0.15, 0.2) is 54.6 Å². The highest BCUT2D eigenvalue weighted by molar-refractivity contribution is 5.77. The Bertz CT molecular complexity index is 1810. The van der Waals surface area contributed by atoms with Gasteiger partial charge in [-0.2, -0.15) is 0 Å². The van der Waals surface area contributed by atoms with Crippen LogP contribution in [0.2, 0.25) is 0 Å². The van der Waals surface area contributed by atoms with Crippen molar-refractivity contribution in [1.29, 1.82) is 0 Å².